The van der Waals surface area contributed by atoms with Crippen LogP contribution in [0.1, 0.15) is 52.9 Å². The molecule has 0 aromatic heterocycles. The molecule has 0 aliphatic rings. The summed E-state index contributed by atoms with van der Waals surface area (Å²) in [7, 11) is 0. The van der Waals surface area contributed by atoms with Gasteiger partial charge in [0.15, 0.2) is 0 Å². The number of aliphatic hydroxyl groups excluding tert-OH is 1. The molecule has 0 aromatic rings. The number of allylic oxidation sites excluding steroid dienone is 3. The van der Waals surface area contributed by atoms with Gasteiger partial charge in [-0.25, -0.2) is 0 Å². The molecule has 4 atom stereocenters. The summed E-state index contributed by atoms with van der Waals surface area (Å²) in [5.41, 5.74) is 0. The quantitative estimate of drug-likeness (QED) is 0.315. The minimum Gasteiger partial charge on any atom is -0.393 e. The maximum atomic E-state index is 10.3. The molecule has 1 nitrogen and oxygen atoms in total. The van der Waals surface area contributed by atoms with E-state index >= 15 is 0 Å². The molecule has 0 saturated carbocycles. The summed E-state index contributed by atoms with van der Waals surface area (Å²) in [5, 5.41) is 10.3. The molecular formula is C17H32OS. The predicted octanol–water partition coefficient (Wildman–Crippen LogP) is 4.88. The fourth-order valence-corrected chi connectivity index (χ4v) is 3.12. The van der Waals surface area contributed by atoms with E-state index in [2.05, 4.69) is 45.2 Å². The number of hydrogen-bond acceptors (Lipinski definition) is 2. The van der Waals surface area contributed by atoms with Crippen LogP contribution in [0.3, 0.4) is 0 Å². The Morgan fingerprint density at radius 3 is 2.37 bits per heavy atom. The van der Waals surface area contributed by atoms with E-state index in [1.165, 1.54) is 12.8 Å². The Hall–Kier alpha value is -0.210. The van der Waals surface area contributed by atoms with Crippen LogP contribution in [-0.4, -0.2) is 17.0 Å². The molecule has 0 radical (unpaired) electrons. The lowest BCUT2D eigenvalue weighted by molar-refractivity contribution is 0.0896. The van der Waals surface area contributed by atoms with Crippen molar-refractivity contribution in [3.8, 4) is 0 Å². The van der Waals surface area contributed by atoms with Crippen molar-refractivity contribution >= 4 is 12.6 Å². The summed E-state index contributed by atoms with van der Waals surface area (Å²) >= 11 is 4.39. The Labute approximate surface area is 125 Å². The zero-order valence-corrected chi connectivity index (χ0v) is 13.8. The minimum absolute atomic E-state index is 0.224. The average molecular weight is 285 g/mol. The summed E-state index contributed by atoms with van der Waals surface area (Å²) in [6.07, 6.45) is 11.5. The highest BCUT2D eigenvalue weighted by Gasteiger charge is 2.21. The van der Waals surface area contributed by atoms with E-state index in [4.69, 9.17) is 0 Å². The van der Waals surface area contributed by atoms with Crippen LogP contribution >= 0.6 is 12.6 Å². The van der Waals surface area contributed by atoms with Crippen LogP contribution in [-0.2, 0) is 0 Å². The molecule has 19 heavy (non-hydrogen) atoms. The SMILES string of the molecule is C=CCC(C)CCCCC(O)C(CS)C(C)/C=C/C. The van der Waals surface area contributed by atoms with Crippen LogP contribution in [0.15, 0.2) is 24.8 Å². The maximum Gasteiger partial charge on any atom is 0.0581 e. The van der Waals surface area contributed by atoms with Crippen molar-refractivity contribution in [3.63, 3.8) is 0 Å². The molecule has 0 aliphatic heterocycles. The van der Waals surface area contributed by atoms with Crippen LogP contribution < -0.4 is 0 Å². The van der Waals surface area contributed by atoms with Crippen molar-refractivity contribution < 1.29 is 5.11 Å². The summed E-state index contributed by atoms with van der Waals surface area (Å²) in [6, 6.07) is 0. The topological polar surface area (TPSA) is 20.2 Å². The van der Waals surface area contributed by atoms with Crippen molar-refractivity contribution in [1.82, 2.24) is 0 Å². The van der Waals surface area contributed by atoms with Crippen LogP contribution in [0.2, 0.25) is 0 Å². The Bertz CT molecular complexity index is 250. The summed E-state index contributed by atoms with van der Waals surface area (Å²) in [4.78, 5) is 0. The molecule has 1 N–H and O–H groups in total. The summed E-state index contributed by atoms with van der Waals surface area (Å²) in [6.45, 7) is 10.2. The fraction of sp³-hybridized carbons (Fsp3) is 0.765. The third-order valence-electron chi connectivity index (χ3n) is 3.89. The van der Waals surface area contributed by atoms with Gasteiger partial charge in [0.05, 0.1) is 6.10 Å². The number of aliphatic hydroxyl groups is 1. The Morgan fingerprint density at radius 1 is 1.21 bits per heavy atom. The normalized spacial score (nSPS) is 18.2. The third-order valence-corrected chi connectivity index (χ3v) is 4.31. The monoisotopic (exact) mass is 284 g/mol. The first-order valence-electron chi connectivity index (χ1n) is 7.59. The second kappa shape index (κ2) is 11.6. The first kappa shape index (κ1) is 18.8. The minimum atomic E-state index is -0.224. The first-order valence-corrected chi connectivity index (χ1v) is 8.22. The van der Waals surface area contributed by atoms with E-state index in [0.29, 0.717) is 5.92 Å². The summed E-state index contributed by atoms with van der Waals surface area (Å²) in [5.74, 6) is 2.14. The van der Waals surface area contributed by atoms with E-state index in [1.54, 1.807) is 0 Å². The van der Waals surface area contributed by atoms with E-state index in [-0.39, 0.29) is 12.0 Å². The first-order chi connectivity index (χ1) is 9.06. The Kier molecular flexibility index (Phi) is 11.5. The molecule has 4 unspecified atom stereocenters. The van der Waals surface area contributed by atoms with Crippen LogP contribution in [0.5, 0.6) is 0 Å². The van der Waals surface area contributed by atoms with Crippen molar-refractivity contribution in [1.29, 1.82) is 0 Å². The molecule has 0 heterocycles. The molecule has 0 aliphatic carbocycles. The van der Waals surface area contributed by atoms with Gasteiger partial charge in [0.2, 0.25) is 0 Å². The number of unbranched alkanes of at least 4 members (excludes halogenated alkanes) is 1. The van der Waals surface area contributed by atoms with Gasteiger partial charge >= 0.3 is 0 Å². The molecule has 112 valence electrons. The predicted molar refractivity (Wildman–Crippen MR) is 89.8 cm³/mol. The van der Waals surface area contributed by atoms with E-state index < -0.39 is 0 Å². The molecule has 0 saturated heterocycles. The van der Waals surface area contributed by atoms with Crippen molar-refractivity contribution in [2.75, 3.05) is 5.75 Å². The molecular weight excluding hydrogens is 252 g/mol. The molecule has 0 spiro atoms. The van der Waals surface area contributed by atoms with Gasteiger partial charge in [0.1, 0.15) is 0 Å². The van der Waals surface area contributed by atoms with Gasteiger partial charge in [-0.2, -0.15) is 12.6 Å². The van der Waals surface area contributed by atoms with Gasteiger partial charge in [0, 0.05) is 0 Å². The zero-order valence-electron chi connectivity index (χ0n) is 12.9. The number of hydrogen-bond donors (Lipinski definition) is 2. The highest BCUT2D eigenvalue weighted by atomic mass is 32.1. The maximum absolute atomic E-state index is 10.3. The van der Waals surface area contributed by atoms with Crippen LogP contribution in [0.25, 0.3) is 0 Å². The van der Waals surface area contributed by atoms with Crippen molar-refractivity contribution in [2.45, 2.75) is 59.0 Å². The standard InChI is InChI=1S/C17H32OS/c1-5-9-14(3)11-7-8-12-17(18)16(13-19)15(4)10-6-2/h5-6,10,14-19H,1,7-9,11-13H2,2-4H3/b10-6+. The summed E-state index contributed by atoms with van der Waals surface area (Å²) < 4.78 is 0. The Balaban J connectivity index is 3.94. The van der Waals surface area contributed by atoms with Gasteiger partial charge in [-0.05, 0) is 43.3 Å². The van der Waals surface area contributed by atoms with E-state index in [1.807, 2.05) is 13.0 Å². The third kappa shape index (κ3) is 8.54. The van der Waals surface area contributed by atoms with Gasteiger partial charge in [-0.1, -0.05) is 51.3 Å². The molecule has 0 rings (SSSR count). The van der Waals surface area contributed by atoms with Gasteiger partial charge in [-0.15, -0.1) is 6.58 Å². The van der Waals surface area contributed by atoms with Crippen LogP contribution in [0, 0.1) is 17.8 Å². The highest BCUT2D eigenvalue weighted by molar-refractivity contribution is 7.80. The molecule has 0 aromatic carbocycles. The van der Waals surface area contributed by atoms with Crippen molar-refractivity contribution in [2.24, 2.45) is 17.8 Å². The molecule has 0 amide bonds. The fourth-order valence-electron chi connectivity index (χ4n) is 2.55. The molecule has 2 heteroatoms. The van der Waals surface area contributed by atoms with Gasteiger partial charge in [-0.3, -0.25) is 0 Å². The largest absolute Gasteiger partial charge is 0.393 e. The number of rotatable bonds is 11. The zero-order chi connectivity index (χ0) is 14.7. The van der Waals surface area contributed by atoms with Gasteiger partial charge < -0.3 is 5.11 Å². The van der Waals surface area contributed by atoms with Crippen LogP contribution in [0.4, 0.5) is 0 Å². The smallest absolute Gasteiger partial charge is 0.0581 e. The lowest BCUT2D eigenvalue weighted by atomic mass is 9.87. The lowest BCUT2D eigenvalue weighted by Crippen LogP contribution is -2.27. The van der Waals surface area contributed by atoms with E-state index in [0.717, 1.165) is 30.9 Å². The Morgan fingerprint density at radius 2 is 1.84 bits per heavy atom. The van der Waals surface area contributed by atoms with Gasteiger partial charge in [0.25, 0.3) is 0 Å². The number of thiol groups is 1. The molecule has 0 fully saturated rings. The average Bonchev–Trinajstić information content (AvgIpc) is 2.36. The second-order valence-corrected chi connectivity index (χ2v) is 6.08. The highest BCUT2D eigenvalue weighted by Crippen LogP contribution is 2.23. The lowest BCUT2D eigenvalue weighted by Gasteiger charge is -2.25. The van der Waals surface area contributed by atoms with Crippen molar-refractivity contribution in [3.05, 3.63) is 24.8 Å². The second-order valence-electron chi connectivity index (χ2n) is 5.71. The molecule has 0 bridgehead atoms. The van der Waals surface area contributed by atoms with E-state index in [9.17, 15) is 5.11 Å².